The fraction of sp³-hybridized carbons (Fsp3) is 0.100. The van der Waals surface area contributed by atoms with Gasteiger partial charge in [-0.1, -0.05) is 23.5 Å². The van der Waals surface area contributed by atoms with E-state index in [4.69, 9.17) is 15.8 Å². The zero-order chi connectivity index (χ0) is 13.1. The van der Waals surface area contributed by atoms with Gasteiger partial charge in [0.25, 0.3) is 0 Å². The van der Waals surface area contributed by atoms with E-state index in [2.05, 4.69) is 16.0 Å². The van der Waals surface area contributed by atoms with Crippen LogP contribution in [-0.2, 0) is 0 Å². The van der Waals surface area contributed by atoms with E-state index >= 15 is 0 Å². The first-order valence-electron chi connectivity index (χ1n) is 4.49. The summed E-state index contributed by atoms with van der Waals surface area (Å²) in [4.78, 5) is 8.76. The van der Waals surface area contributed by atoms with Crippen molar-refractivity contribution in [3.63, 3.8) is 0 Å². The molecule has 1 aromatic rings. The quantitative estimate of drug-likeness (QED) is 0.727. The van der Waals surface area contributed by atoms with Crippen LogP contribution in [0, 0.1) is 34.0 Å². The summed E-state index contributed by atoms with van der Waals surface area (Å²) >= 11 is 3.96. The van der Waals surface area contributed by atoms with Crippen LogP contribution >= 0.6 is 35.3 Å². The van der Waals surface area contributed by atoms with E-state index in [0.29, 0.717) is 15.0 Å². The van der Waals surface area contributed by atoms with Crippen LogP contribution in [0.4, 0.5) is 0 Å². The first kappa shape index (κ1) is 12.8. The van der Waals surface area contributed by atoms with Gasteiger partial charge in [0.2, 0.25) is 0 Å². The van der Waals surface area contributed by atoms with E-state index < -0.39 is 0 Å². The number of hydrogen-bond acceptors (Lipinski definition) is 8. The second-order valence-electron chi connectivity index (χ2n) is 2.89. The highest BCUT2D eigenvalue weighted by atomic mass is 32.2. The fourth-order valence-electron chi connectivity index (χ4n) is 1.16. The van der Waals surface area contributed by atoms with Crippen molar-refractivity contribution in [2.75, 3.05) is 6.26 Å². The van der Waals surface area contributed by atoms with E-state index in [1.54, 1.807) is 0 Å². The largest absolute Gasteiger partial charge is 0.224 e. The van der Waals surface area contributed by atoms with Crippen molar-refractivity contribution >= 4 is 35.3 Å². The second kappa shape index (κ2) is 5.32. The normalized spacial score (nSPS) is 12.2. The number of thioether (sulfide) groups is 3. The standard InChI is InChI=1S/C10H3N5S3/c1-16-7(4-13)10-17-8-9(18-10)15-6(3-12)5(2-11)14-8/h1H3. The highest BCUT2D eigenvalue weighted by molar-refractivity contribution is 8.25. The summed E-state index contributed by atoms with van der Waals surface area (Å²) in [5.74, 6) is 0. The van der Waals surface area contributed by atoms with E-state index in [1.807, 2.05) is 18.4 Å². The Labute approximate surface area is 116 Å². The van der Waals surface area contributed by atoms with Crippen LogP contribution < -0.4 is 0 Å². The van der Waals surface area contributed by atoms with Gasteiger partial charge in [0.05, 0.1) is 4.24 Å². The molecule has 2 heterocycles. The van der Waals surface area contributed by atoms with Crippen molar-refractivity contribution < 1.29 is 0 Å². The van der Waals surface area contributed by atoms with Gasteiger partial charge in [0.1, 0.15) is 33.2 Å². The van der Waals surface area contributed by atoms with Gasteiger partial charge in [-0.2, -0.15) is 15.8 Å². The van der Waals surface area contributed by atoms with Crippen LogP contribution in [0.3, 0.4) is 0 Å². The number of rotatable bonds is 1. The van der Waals surface area contributed by atoms with Crippen molar-refractivity contribution in [1.29, 1.82) is 15.8 Å². The molecule has 0 aromatic carbocycles. The Morgan fingerprint density at radius 3 is 1.89 bits per heavy atom. The molecule has 1 aromatic heterocycles. The van der Waals surface area contributed by atoms with Crippen LogP contribution in [0.2, 0.25) is 0 Å². The Bertz CT molecular complexity index is 629. The lowest BCUT2D eigenvalue weighted by atomic mass is 10.3. The highest BCUT2D eigenvalue weighted by Gasteiger charge is 2.26. The molecule has 0 atom stereocenters. The minimum Gasteiger partial charge on any atom is -0.224 e. The molecule has 0 bridgehead atoms. The van der Waals surface area contributed by atoms with Crippen LogP contribution in [0.15, 0.2) is 19.2 Å². The summed E-state index contributed by atoms with van der Waals surface area (Å²) in [5, 5.41) is 27.8. The van der Waals surface area contributed by atoms with E-state index in [1.165, 1.54) is 35.3 Å². The van der Waals surface area contributed by atoms with Crippen molar-refractivity contribution in [2.24, 2.45) is 0 Å². The fourth-order valence-corrected chi connectivity index (χ4v) is 4.22. The molecule has 18 heavy (non-hydrogen) atoms. The molecule has 86 valence electrons. The molecule has 0 radical (unpaired) electrons. The van der Waals surface area contributed by atoms with E-state index in [-0.39, 0.29) is 11.4 Å². The van der Waals surface area contributed by atoms with Gasteiger partial charge in [-0.25, -0.2) is 9.97 Å². The van der Waals surface area contributed by atoms with Crippen LogP contribution in [0.1, 0.15) is 11.4 Å². The third-order valence-corrected chi connectivity index (χ3v) is 5.24. The monoisotopic (exact) mass is 289 g/mol. The second-order valence-corrected chi connectivity index (χ2v) is 5.96. The predicted molar refractivity (Wildman–Crippen MR) is 69.3 cm³/mol. The third kappa shape index (κ3) is 2.16. The molecule has 0 saturated heterocycles. The molecule has 0 aliphatic carbocycles. The zero-order valence-corrected chi connectivity index (χ0v) is 11.4. The smallest absolute Gasteiger partial charge is 0.178 e. The van der Waals surface area contributed by atoms with Gasteiger partial charge in [-0.15, -0.1) is 11.8 Å². The maximum Gasteiger partial charge on any atom is 0.178 e. The SMILES string of the molecule is CSC(C#N)=C1Sc2nc(C#N)c(C#N)nc2S1. The first-order valence-corrected chi connectivity index (χ1v) is 7.35. The molecule has 0 saturated carbocycles. The number of allylic oxidation sites excluding steroid dienone is 1. The Hall–Kier alpha value is -1.66. The molecule has 1 aliphatic rings. The molecule has 0 amide bonds. The lowest BCUT2D eigenvalue weighted by Gasteiger charge is -1.96. The maximum atomic E-state index is 8.97. The molecule has 0 unspecified atom stereocenters. The average Bonchev–Trinajstić information content (AvgIpc) is 2.80. The van der Waals surface area contributed by atoms with E-state index in [9.17, 15) is 0 Å². The van der Waals surface area contributed by atoms with Crippen LogP contribution in [-0.4, -0.2) is 16.2 Å². The zero-order valence-electron chi connectivity index (χ0n) is 8.96. The molecular formula is C10H3N5S3. The molecule has 0 N–H and O–H groups in total. The molecular weight excluding hydrogens is 286 g/mol. The summed E-state index contributed by atoms with van der Waals surface area (Å²) < 4.78 is 0.791. The number of nitrogens with zero attached hydrogens (tertiary/aromatic N) is 5. The summed E-state index contributed by atoms with van der Waals surface area (Å²) in [6, 6.07) is 5.79. The van der Waals surface area contributed by atoms with Gasteiger partial charge in [-0.3, -0.25) is 0 Å². The number of fused-ring (bicyclic) bond motifs is 1. The molecule has 8 heteroatoms. The first-order chi connectivity index (χ1) is 8.73. The third-order valence-electron chi connectivity index (χ3n) is 1.92. The van der Waals surface area contributed by atoms with Gasteiger partial charge in [0, 0.05) is 0 Å². The summed E-state index contributed by atoms with van der Waals surface area (Å²) in [7, 11) is 0. The summed E-state index contributed by atoms with van der Waals surface area (Å²) in [5.41, 5.74) is 0.0431. The highest BCUT2D eigenvalue weighted by Crippen LogP contribution is 2.51. The van der Waals surface area contributed by atoms with Gasteiger partial charge >= 0.3 is 0 Å². The summed E-state index contributed by atoms with van der Waals surface area (Å²) in [6.07, 6.45) is 1.82. The van der Waals surface area contributed by atoms with Crippen molar-refractivity contribution in [3.8, 4) is 18.2 Å². The topological polar surface area (TPSA) is 97.1 Å². The maximum absolute atomic E-state index is 8.97. The minimum atomic E-state index is 0.0215. The van der Waals surface area contributed by atoms with Gasteiger partial charge < -0.3 is 0 Å². The van der Waals surface area contributed by atoms with Crippen LogP contribution in [0.5, 0.6) is 0 Å². The molecule has 2 rings (SSSR count). The van der Waals surface area contributed by atoms with Crippen molar-refractivity contribution in [3.05, 3.63) is 20.5 Å². The summed E-state index contributed by atoms with van der Waals surface area (Å²) in [6.45, 7) is 0. The number of aromatic nitrogens is 2. The lowest BCUT2D eigenvalue weighted by Crippen LogP contribution is -1.96. The molecule has 5 nitrogen and oxygen atoms in total. The number of nitriles is 3. The molecule has 0 spiro atoms. The van der Waals surface area contributed by atoms with E-state index in [0.717, 1.165) is 4.24 Å². The Balaban J connectivity index is 2.50. The minimum absolute atomic E-state index is 0.0215. The lowest BCUT2D eigenvalue weighted by molar-refractivity contribution is 0.902. The van der Waals surface area contributed by atoms with Crippen molar-refractivity contribution in [1.82, 2.24) is 9.97 Å². The van der Waals surface area contributed by atoms with Crippen LogP contribution in [0.25, 0.3) is 0 Å². The average molecular weight is 289 g/mol. The Morgan fingerprint density at radius 1 is 1.06 bits per heavy atom. The number of hydrogen-bond donors (Lipinski definition) is 0. The Kier molecular flexibility index (Phi) is 3.78. The molecule has 0 fully saturated rings. The van der Waals surface area contributed by atoms with Gasteiger partial charge in [0.15, 0.2) is 11.4 Å². The van der Waals surface area contributed by atoms with Gasteiger partial charge in [-0.05, 0) is 6.26 Å². The molecule has 1 aliphatic heterocycles. The van der Waals surface area contributed by atoms with Crippen molar-refractivity contribution in [2.45, 2.75) is 10.1 Å². The Morgan fingerprint density at radius 2 is 1.56 bits per heavy atom. The predicted octanol–water partition coefficient (Wildman–Crippen LogP) is 2.47.